The van der Waals surface area contributed by atoms with E-state index in [0.29, 0.717) is 38.8 Å². The second-order valence-corrected chi connectivity index (χ2v) is 7.64. The molecule has 0 spiro atoms. The molecule has 0 aliphatic rings. The predicted octanol–water partition coefficient (Wildman–Crippen LogP) is 5.27. The van der Waals surface area contributed by atoms with E-state index >= 15 is 0 Å². The first-order chi connectivity index (χ1) is 15.5. The van der Waals surface area contributed by atoms with Crippen molar-refractivity contribution in [3.63, 3.8) is 0 Å². The maximum absolute atomic E-state index is 13.2. The second-order valence-electron chi connectivity index (χ2n) is 7.21. The molecule has 2 heterocycles. The number of hydrogen-bond acceptors (Lipinski definition) is 5. The van der Waals surface area contributed by atoms with Crippen LogP contribution in [-0.4, -0.2) is 28.0 Å². The smallest absolute Gasteiger partial charge is 0.259 e. The lowest BCUT2D eigenvalue weighted by Gasteiger charge is -2.13. The van der Waals surface area contributed by atoms with Gasteiger partial charge in [0.15, 0.2) is 0 Å². The summed E-state index contributed by atoms with van der Waals surface area (Å²) in [6, 6.07) is 18.2. The Hall–Kier alpha value is -4.10. The Labute approximate surface area is 188 Å². The first kappa shape index (κ1) is 19.8. The minimum Gasteiger partial charge on any atom is -0.496 e. The van der Waals surface area contributed by atoms with Gasteiger partial charge in [-0.25, -0.2) is 9.97 Å². The van der Waals surface area contributed by atoms with Crippen molar-refractivity contribution < 1.29 is 9.53 Å². The number of ether oxygens (including phenoxy) is 1. The molecule has 5 aromatic rings. The van der Waals surface area contributed by atoms with Gasteiger partial charge in [0.05, 0.1) is 35.1 Å². The summed E-state index contributed by atoms with van der Waals surface area (Å²) in [6.07, 6.45) is 1.83. The van der Waals surface area contributed by atoms with Gasteiger partial charge in [-0.3, -0.25) is 4.79 Å². The lowest BCUT2D eigenvalue weighted by molar-refractivity contribution is 0.102. The molecule has 0 bridgehead atoms. The number of aromatic amines is 1. The molecule has 2 aromatic heterocycles. The van der Waals surface area contributed by atoms with Crippen LogP contribution in [0, 0.1) is 0 Å². The van der Waals surface area contributed by atoms with Gasteiger partial charge >= 0.3 is 0 Å². The van der Waals surface area contributed by atoms with E-state index in [4.69, 9.17) is 22.1 Å². The van der Waals surface area contributed by atoms with Crippen molar-refractivity contribution in [2.75, 3.05) is 18.2 Å². The summed E-state index contributed by atoms with van der Waals surface area (Å²) in [6.45, 7) is 0. The van der Waals surface area contributed by atoms with Gasteiger partial charge in [0, 0.05) is 27.6 Å². The number of fused-ring (bicyclic) bond motifs is 2. The number of carbonyl (C=O) groups is 1. The average molecular weight is 444 g/mol. The average Bonchev–Trinajstić information content (AvgIpc) is 3.28. The summed E-state index contributed by atoms with van der Waals surface area (Å²) >= 11 is 6.20. The van der Waals surface area contributed by atoms with Gasteiger partial charge in [0.25, 0.3) is 5.91 Å². The van der Waals surface area contributed by atoms with Crippen LogP contribution in [-0.2, 0) is 0 Å². The maximum atomic E-state index is 13.2. The number of nitrogens with zero attached hydrogens (tertiary/aromatic N) is 2. The first-order valence-electron chi connectivity index (χ1n) is 9.82. The molecule has 0 aliphatic carbocycles. The van der Waals surface area contributed by atoms with Gasteiger partial charge in [0.1, 0.15) is 5.75 Å². The molecule has 3 aromatic carbocycles. The number of nitrogens with two attached hydrogens (primary N) is 1. The van der Waals surface area contributed by atoms with Crippen molar-refractivity contribution in [2.45, 2.75) is 0 Å². The number of nitrogen functional groups attached to an aromatic ring is 1. The van der Waals surface area contributed by atoms with Crippen LogP contribution in [0.5, 0.6) is 5.75 Å². The third-order valence-electron chi connectivity index (χ3n) is 5.23. The number of halogens is 1. The topological polar surface area (TPSA) is 106 Å². The van der Waals surface area contributed by atoms with Crippen LogP contribution in [0.4, 0.5) is 11.6 Å². The van der Waals surface area contributed by atoms with E-state index < -0.39 is 0 Å². The van der Waals surface area contributed by atoms with E-state index in [2.05, 4.69) is 20.3 Å². The largest absolute Gasteiger partial charge is 0.496 e. The molecule has 0 saturated heterocycles. The first-order valence-corrected chi connectivity index (χ1v) is 10.2. The molecule has 0 saturated carbocycles. The van der Waals surface area contributed by atoms with Gasteiger partial charge < -0.3 is 20.8 Å². The Kier molecular flexibility index (Phi) is 4.88. The lowest BCUT2D eigenvalue weighted by Crippen LogP contribution is -2.13. The number of benzene rings is 3. The normalized spacial score (nSPS) is 11.1. The maximum Gasteiger partial charge on any atom is 0.259 e. The molecule has 7 nitrogen and oxygen atoms in total. The molecular weight excluding hydrogens is 426 g/mol. The van der Waals surface area contributed by atoms with E-state index in [1.807, 2.05) is 36.5 Å². The molecule has 1 amide bonds. The Morgan fingerprint density at radius 3 is 2.81 bits per heavy atom. The van der Waals surface area contributed by atoms with Crippen molar-refractivity contribution in [2.24, 2.45) is 0 Å². The van der Waals surface area contributed by atoms with Crippen molar-refractivity contribution in [1.29, 1.82) is 0 Å². The molecule has 5 rings (SSSR count). The van der Waals surface area contributed by atoms with Gasteiger partial charge in [-0.15, -0.1) is 0 Å². The quantitative estimate of drug-likeness (QED) is 0.350. The number of carbonyl (C=O) groups excluding carboxylic acids is 1. The molecule has 0 unspecified atom stereocenters. The second kappa shape index (κ2) is 7.86. The van der Waals surface area contributed by atoms with Crippen molar-refractivity contribution in [3.8, 4) is 17.0 Å². The van der Waals surface area contributed by atoms with Crippen LogP contribution < -0.4 is 15.8 Å². The van der Waals surface area contributed by atoms with E-state index in [1.54, 1.807) is 30.3 Å². The zero-order valence-corrected chi connectivity index (χ0v) is 17.8. The number of aromatic nitrogens is 3. The fraction of sp³-hybridized carbons (Fsp3) is 0.0417. The van der Waals surface area contributed by atoms with E-state index in [0.717, 1.165) is 16.3 Å². The number of anilines is 2. The number of H-pyrrole nitrogens is 1. The number of para-hydroxylation sites is 1. The zero-order chi connectivity index (χ0) is 22.2. The van der Waals surface area contributed by atoms with Crippen molar-refractivity contribution >= 4 is 50.9 Å². The summed E-state index contributed by atoms with van der Waals surface area (Å²) in [5.74, 6) is 0.263. The van der Waals surface area contributed by atoms with Gasteiger partial charge in [-0.1, -0.05) is 23.7 Å². The highest BCUT2D eigenvalue weighted by Crippen LogP contribution is 2.32. The fourth-order valence-electron chi connectivity index (χ4n) is 3.75. The number of rotatable bonds is 4. The molecule has 0 radical (unpaired) electrons. The standard InChI is InChI=1S/C24H18ClN5O2/c1-32-20-8-5-14(21-16-12-15(25)6-7-18(16)29-24(26)30-21)11-17(20)23(31)28-19-4-2-3-13-9-10-27-22(13)19/h2-12,27H,1H3,(H,28,31)(H2,26,29,30). The van der Waals surface area contributed by atoms with Gasteiger partial charge in [-0.2, -0.15) is 0 Å². The Bertz CT molecular complexity index is 1500. The van der Waals surface area contributed by atoms with Gasteiger partial charge in [0.2, 0.25) is 5.95 Å². The van der Waals surface area contributed by atoms with Gasteiger partial charge in [-0.05, 0) is 48.5 Å². The molecule has 158 valence electrons. The minimum absolute atomic E-state index is 0.134. The van der Waals surface area contributed by atoms with Crippen LogP contribution in [0.1, 0.15) is 10.4 Å². The number of amides is 1. The molecular formula is C24H18ClN5O2. The summed E-state index contributed by atoms with van der Waals surface area (Å²) in [5.41, 5.74) is 9.76. The van der Waals surface area contributed by atoms with Crippen LogP contribution >= 0.6 is 11.6 Å². The summed E-state index contributed by atoms with van der Waals surface area (Å²) in [7, 11) is 1.52. The van der Waals surface area contributed by atoms with Crippen LogP contribution in [0.15, 0.2) is 66.9 Å². The predicted molar refractivity (Wildman–Crippen MR) is 127 cm³/mol. The highest BCUT2D eigenvalue weighted by Gasteiger charge is 2.18. The fourth-order valence-corrected chi connectivity index (χ4v) is 3.92. The lowest BCUT2D eigenvalue weighted by atomic mass is 10.0. The van der Waals surface area contributed by atoms with E-state index in [9.17, 15) is 4.79 Å². The highest BCUT2D eigenvalue weighted by molar-refractivity contribution is 6.31. The van der Waals surface area contributed by atoms with Crippen molar-refractivity contribution in [3.05, 3.63) is 77.4 Å². The van der Waals surface area contributed by atoms with Crippen molar-refractivity contribution in [1.82, 2.24) is 15.0 Å². The highest BCUT2D eigenvalue weighted by atomic mass is 35.5. The van der Waals surface area contributed by atoms with E-state index in [1.165, 1.54) is 7.11 Å². The third-order valence-corrected chi connectivity index (χ3v) is 5.46. The molecule has 4 N–H and O–H groups in total. The Morgan fingerprint density at radius 2 is 1.97 bits per heavy atom. The SMILES string of the molecule is COc1ccc(-c2nc(N)nc3ccc(Cl)cc23)cc1C(=O)Nc1cccc2cc[nH]c12. The molecule has 0 aliphatic heterocycles. The zero-order valence-electron chi connectivity index (χ0n) is 17.0. The summed E-state index contributed by atoms with van der Waals surface area (Å²) in [5, 5.41) is 5.26. The Morgan fingerprint density at radius 1 is 1.09 bits per heavy atom. The van der Waals surface area contributed by atoms with Crippen LogP contribution in [0.3, 0.4) is 0 Å². The molecule has 0 atom stereocenters. The molecule has 8 heteroatoms. The number of hydrogen-bond donors (Lipinski definition) is 3. The monoisotopic (exact) mass is 443 g/mol. The van der Waals surface area contributed by atoms with E-state index in [-0.39, 0.29) is 11.9 Å². The molecule has 0 fully saturated rings. The van der Waals surface area contributed by atoms with Crippen LogP contribution in [0.2, 0.25) is 5.02 Å². The number of nitrogens with one attached hydrogen (secondary N) is 2. The Balaban J connectivity index is 1.61. The van der Waals surface area contributed by atoms with Crippen LogP contribution in [0.25, 0.3) is 33.1 Å². The summed E-state index contributed by atoms with van der Waals surface area (Å²) in [4.78, 5) is 25.1. The minimum atomic E-state index is -0.310. The third kappa shape index (κ3) is 3.48. The molecule has 32 heavy (non-hydrogen) atoms. The summed E-state index contributed by atoms with van der Waals surface area (Å²) < 4.78 is 5.45. The number of methoxy groups -OCH3 is 1.